The van der Waals surface area contributed by atoms with E-state index in [1.807, 2.05) is 43.1 Å². The molecule has 140 valence electrons. The Hall–Kier alpha value is -1.18. The van der Waals surface area contributed by atoms with E-state index in [4.69, 9.17) is 12.2 Å². The average molecular weight is 408 g/mol. The van der Waals surface area contributed by atoms with Gasteiger partial charge < -0.3 is 4.90 Å². The summed E-state index contributed by atoms with van der Waals surface area (Å²) in [7, 11) is 1.94. The van der Waals surface area contributed by atoms with Crippen molar-refractivity contribution >= 4 is 41.2 Å². The van der Waals surface area contributed by atoms with Crippen LogP contribution in [-0.4, -0.2) is 39.4 Å². The first-order chi connectivity index (χ1) is 12.5. The van der Waals surface area contributed by atoms with Gasteiger partial charge in [-0.1, -0.05) is 48.2 Å². The van der Waals surface area contributed by atoms with Gasteiger partial charge in [0.2, 0.25) is 5.91 Å². The quantitative estimate of drug-likeness (QED) is 0.510. The van der Waals surface area contributed by atoms with Crippen LogP contribution in [0.3, 0.4) is 0 Å². The van der Waals surface area contributed by atoms with E-state index in [1.54, 1.807) is 4.68 Å². The van der Waals surface area contributed by atoms with Crippen LogP contribution in [0.25, 0.3) is 5.69 Å². The second-order valence-corrected chi connectivity index (χ2v) is 9.88. The van der Waals surface area contributed by atoms with Crippen LogP contribution in [0, 0.1) is 16.8 Å². The Morgan fingerprint density at radius 1 is 1.35 bits per heavy atom. The zero-order valence-corrected chi connectivity index (χ0v) is 17.9. The Balaban J connectivity index is 1.62. The highest BCUT2D eigenvalue weighted by molar-refractivity contribution is 8.01. The number of carbonyl (C=O) groups is 1. The number of hydrogen-bond donors (Lipinski definition) is 0. The van der Waals surface area contributed by atoms with Crippen molar-refractivity contribution in [2.24, 2.45) is 5.92 Å². The lowest BCUT2D eigenvalue weighted by atomic mass is 9.87. The Morgan fingerprint density at radius 3 is 2.73 bits per heavy atom. The predicted octanol–water partition coefficient (Wildman–Crippen LogP) is 5.10. The molecule has 3 rings (SSSR count). The SMILES string of the molecule is Cc1ccccc1-n1nc(SCC(=O)N(C)C2CCC(C)CC2)sc1=S. The van der Waals surface area contributed by atoms with Crippen molar-refractivity contribution in [3.63, 3.8) is 0 Å². The summed E-state index contributed by atoms with van der Waals surface area (Å²) in [5.41, 5.74) is 2.13. The number of aromatic nitrogens is 2. The van der Waals surface area contributed by atoms with E-state index in [0.29, 0.717) is 15.7 Å². The first-order valence-electron chi connectivity index (χ1n) is 9.00. The smallest absolute Gasteiger partial charge is 0.233 e. The van der Waals surface area contributed by atoms with Gasteiger partial charge >= 0.3 is 0 Å². The van der Waals surface area contributed by atoms with Gasteiger partial charge in [-0.15, -0.1) is 5.10 Å². The fraction of sp³-hybridized carbons (Fsp3) is 0.526. The molecule has 1 aromatic heterocycles. The number of rotatable bonds is 5. The third kappa shape index (κ3) is 4.56. The average Bonchev–Trinajstić information content (AvgIpc) is 3.00. The normalized spacial score (nSPS) is 20.1. The Bertz CT molecular complexity index is 821. The summed E-state index contributed by atoms with van der Waals surface area (Å²) in [5.74, 6) is 1.39. The summed E-state index contributed by atoms with van der Waals surface area (Å²) in [6, 6.07) is 8.45. The van der Waals surface area contributed by atoms with Crippen LogP contribution < -0.4 is 0 Å². The molecule has 0 spiro atoms. The van der Waals surface area contributed by atoms with E-state index in [0.717, 1.165) is 34.4 Å². The first kappa shape index (κ1) is 19.6. The molecule has 1 aliphatic rings. The van der Waals surface area contributed by atoms with E-state index >= 15 is 0 Å². The molecule has 1 saturated carbocycles. The molecule has 1 aromatic carbocycles. The van der Waals surface area contributed by atoms with Crippen molar-refractivity contribution in [2.75, 3.05) is 12.8 Å². The molecule has 0 atom stereocenters. The van der Waals surface area contributed by atoms with Crippen LogP contribution in [0.5, 0.6) is 0 Å². The molecule has 1 aliphatic carbocycles. The molecule has 4 nitrogen and oxygen atoms in total. The number of amides is 1. The number of thioether (sulfide) groups is 1. The third-order valence-corrected chi connectivity index (χ3v) is 7.47. The Labute approximate surface area is 168 Å². The molecule has 0 bridgehead atoms. The maximum Gasteiger partial charge on any atom is 0.233 e. The summed E-state index contributed by atoms with van der Waals surface area (Å²) in [6.07, 6.45) is 4.68. The minimum absolute atomic E-state index is 0.179. The Morgan fingerprint density at radius 2 is 2.04 bits per heavy atom. The van der Waals surface area contributed by atoms with E-state index < -0.39 is 0 Å². The standard InChI is InChI=1S/C19H25N3OS3/c1-13-8-10-15(11-9-13)21(3)17(23)12-25-18-20-22(19(24)26-18)16-7-5-4-6-14(16)2/h4-7,13,15H,8-12H2,1-3H3. The van der Waals surface area contributed by atoms with Crippen molar-refractivity contribution in [3.8, 4) is 5.69 Å². The van der Waals surface area contributed by atoms with E-state index in [-0.39, 0.29) is 5.91 Å². The third-order valence-electron chi connectivity index (χ3n) is 5.12. The molecule has 1 heterocycles. The summed E-state index contributed by atoms with van der Waals surface area (Å²) >= 11 is 8.42. The summed E-state index contributed by atoms with van der Waals surface area (Å²) in [4.78, 5) is 14.5. The van der Waals surface area contributed by atoms with Crippen molar-refractivity contribution in [1.82, 2.24) is 14.7 Å². The second-order valence-electron chi connectivity index (χ2n) is 7.04. The largest absolute Gasteiger partial charge is 0.342 e. The molecule has 0 radical (unpaired) electrons. The number of benzene rings is 1. The van der Waals surface area contributed by atoms with Crippen LogP contribution in [0.2, 0.25) is 0 Å². The summed E-state index contributed by atoms with van der Waals surface area (Å²) in [5, 5.41) is 4.62. The van der Waals surface area contributed by atoms with Gasteiger partial charge in [0, 0.05) is 13.1 Å². The first-order valence-corrected chi connectivity index (χ1v) is 11.2. The molecule has 0 aliphatic heterocycles. The highest BCUT2D eigenvalue weighted by Crippen LogP contribution is 2.28. The molecule has 0 N–H and O–H groups in total. The minimum Gasteiger partial charge on any atom is -0.342 e. The van der Waals surface area contributed by atoms with E-state index in [1.165, 1.54) is 35.9 Å². The highest BCUT2D eigenvalue weighted by Gasteiger charge is 2.25. The zero-order valence-electron chi connectivity index (χ0n) is 15.5. The van der Waals surface area contributed by atoms with Gasteiger partial charge in [-0.05, 0) is 62.4 Å². The lowest BCUT2D eigenvalue weighted by Gasteiger charge is -2.33. The topological polar surface area (TPSA) is 38.1 Å². The van der Waals surface area contributed by atoms with E-state index in [2.05, 4.69) is 12.0 Å². The number of hydrogen-bond acceptors (Lipinski definition) is 5. The van der Waals surface area contributed by atoms with Gasteiger partial charge in [0.25, 0.3) is 0 Å². The van der Waals surface area contributed by atoms with E-state index in [9.17, 15) is 4.79 Å². The number of carbonyl (C=O) groups excluding carboxylic acids is 1. The molecule has 0 unspecified atom stereocenters. The predicted molar refractivity (Wildman–Crippen MR) is 112 cm³/mol. The molecular weight excluding hydrogens is 382 g/mol. The zero-order chi connectivity index (χ0) is 18.7. The van der Waals surface area contributed by atoms with Crippen molar-refractivity contribution < 1.29 is 4.79 Å². The molecule has 1 fully saturated rings. The van der Waals surface area contributed by atoms with Crippen LogP contribution in [0.4, 0.5) is 0 Å². The maximum absolute atomic E-state index is 12.6. The Kier molecular flexibility index (Phi) is 6.53. The molecule has 26 heavy (non-hydrogen) atoms. The molecule has 2 aromatic rings. The summed E-state index contributed by atoms with van der Waals surface area (Å²) < 4.78 is 3.36. The highest BCUT2D eigenvalue weighted by atomic mass is 32.2. The monoisotopic (exact) mass is 407 g/mol. The molecule has 1 amide bonds. The van der Waals surface area contributed by atoms with Crippen LogP contribution in [0.15, 0.2) is 28.6 Å². The second kappa shape index (κ2) is 8.67. The minimum atomic E-state index is 0.179. The van der Waals surface area contributed by atoms with Gasteiger partial charge in [-0.25, -0.2) is 4.68 Å². The van der Waals surface area contributed by atoms with Gasteiger partial charge in [-0.3, -0.25) is 4.79 Å². The number of aryl methyl sites for hydroxylation is 1. The van der Waals surface area contributed by atoms with Crippen LogP contribution in [0.1, 0.15) is 38.2 Å². The lowest BCUT2D eigenvalue weighted by molar-refractivity contribution is -0.129. The lowest BCUT2D eigenvalue weighted by Crippen LogP contribution is -2.40. The van der Waals surface area contributed by atoms with Crippen LogP contribution >= 0.6 is 35.3 Å². The van der Waals surface area contributed by atoms with Gasteiger partial charge in [-0.2, -0.15) is 0 Å². The fourth-order valence-electron chi connectivity index (χ4n) is 3.33. The van der Waals surface area contributed by atoms with Crippen LogP contribution in [-0.2, 0) is 4.79 Å². The molecule has 0 saturated heterocycles. The van der Waals surface area contributed by atoms with Gasteiger partial charge in [0.1, 0.15) is 0 Å². The summed E-state index contributed by atoms with van der Waals surface area (Å²) in [6.45, 7) is 4.35. The molecule has 7 heteroatoms. The van der Waals surface area contributed by atoms with Crippen molar-refractivity contribution in [3.05, 3.63) is 33.8 Å². The van der Waals surface area contributed by atoms with Gasteiger partial charge in [0.15, 0.2) is 8.29 Å². The number of para-hydroxylation sites is 1. The maximum atomic E-state index is 12.6. The fourth-order valence-corrected chi connectivity index (χ4v) is 5.60. The van der Waals surface area contributed by atoms with Crippen molar-refractivity contribution in [1.29, 1.82) is 0 Å². The van der Waals surface area contributed by atoms with Crippen molar-refractivity contribution in [2.45, 2.75) is 49.9 Å². The number of nitrogens with zero attached hydrogens (tertiary/aromatic N) is 3. The van der Waals surface area contributed by atoms with Gasteiger partial charge in [0.05, 0.1) is 11.4 Å². The molecular formula is C19H25N3OS3.